The van der Waals surface area contributed by atoms with Crippen LogP contribution in [0.3, 0.4) is 0 Å². The molecule has 0 unspecified atom stereocenters. The fourth-order valence-electron chi connectivity index (χ4n) is 4.42. The number of carbonyl (C=O) groups is 4. The maximum absolute atomic E-state index is 13.1. The predicted octanol–water partition coefficient (Wildman–Crippen LogP) is 3.06. The van der Waals surface area contributed by atoms with Gasteiger partial charge in [0.1, 0.15) is 41.8 Å². The second-order valence-corrected chi connectivity index (χ2v) is 9.55. The van der Waals surface area contributed by atoms with Crippen LogP contribution in [0.4, 0.5) is 0 Å². The van der Waals surface area contributed by atoms with Crippen molar-refractivity contribution in [2.24, 2.45) is 0 Å². The van der Waals surface area contributed by atoms with Crippen LogP contribution in [0.5, 0.6) is 23.0 Å². The molecule has 0 saturated carbocycles. The maximum atomic E-state index is 13.1. The number of rotatable bonds is 10. The van der Waals surface area contributed by atoms with Gasteiger partial charge in [0.15, 0.2) is 12.2 Å². The number of carbonyl (C=O) groups excluding carboxylic acids is 4. The number of hydrogen-bond donors (Lipinski definition) is 0. The molecule has 1 fully saturated rings. The summed E-state index contributed by atoms with van der Waals surface area (Å²) in [6.07, 6.45) is -5.68. The second kappa shape index (κ2) is 13.9. The number of benzene rings is 2. The Bertz CT molecular complexity index is 1580. The van der Waals surface area contributed by atoms with E-state index in [1.807, 2.05) is 0 Å². The minimum Gasteiger partial charge on any atom is -0.497 e. The zero-order valence-electron chi connectivity index (χ0n) is 24.4. The lowest BCUT2D eigenvalue weighted by Crippen LogP contribution is -2.63. The van der Waals surface area contributed by atoms with Gasteiger partial charge in [0.25, 0.3) is 0 Å². The zero-order chi connectivity index (χ0) is 32.0. The van der Waals surface area contributed by atoms with Crippen molar-refractivity contribution in [1.29, 1.82) is 0 Å². The fraction of sp³-hybridized carbons (Fsp3) is 0.367. The van der Waals surface area contributed by atoms with Crippen LogP contribution in [0, 0.1) is 0 Å². The lowest BCUT2D eigenvalue weighted by molar-refractivity contribution is -0.288. The highest BCUT2D eigenvalue weighted by Crippen LogP contribution is 2.32. The Labute approximate surface area is 250 Å². The van der Waals surface area contributed by atoms with E-state index in [1.54, 1.807) is 24.3 Å². The summed E-state index contributed by atoms with van der Waals surface area (Å²) < 4.78 is 49.6. The fourth-order valence-corrected chi connectivity index (χ4v) is 4.42. The van der Waals surface area contributed by atoms with Crippen LogP contribution >= 0.6 is 0 Å². The number of esters is 4. The lowest BCUT2D eigenvalue weighted by atomic mass is 9.98. The van der Waals surface area contributed by atoms with Gasteiger partial charge in [0, 0.05) is 33.8 Å². The molecule has 1 aliphatic rings. The minimum absolute atomic E-state index is 0.0593. The summed E-state index contributed by atoms with van der Waals surface area (Å²) in [6.45, 7) is 4.10. The lowest BCUT2D eigenvalue weighted by Gasteiger charge is -2.43. The molecule has 1 aliphatic heterocycles. The van der Waals surface area contributed by atoms with Gasteiger partial charge in [0.2, 0.25) is 23.6 Å². The van der Waals surface area contributed by atoms with Crippen LogP contribution in [0.2, 0.25) is 0 Å². The standard InChI is InChI=1S/C30H30O14/c1-15(31)37-14-25-27(39-16(2)32)28(40-17(3)33)29(41-18(4)34)30(44-25)43-21-10-11-22-23(12-21)38-13-24(26(22)35)42-20-8-6-19(36-5)7-9-20/h6-13,25,27-30H,14H2,1-5H3/t25-,27-,28-,29+,30+/m1/s1. The van der Waals surface area contributed by atoms with Crippen molar-refractivity contribution in [3.63, 3.8) is 0 Å². The topological polar surface area (TPSA) is 172 Å². The van der Waals surface area contributed by atoms with Crippen molar-refractivity contribution in [3.05, 3.63) is 59.0 Å². The highest BCUT2D eigenvalue weighted by atomic mass is 16.7. The van der Waals surface area contributed by atoms with Crippen molar-refractivity contribution in [1.82, 2.24) is 0 Å². The van der Waals surface area contributed by atoms with E-state index in [0.717, 1.165) is 27.0 Å². The van der Waals surface area contributed by atoms with Gasteiger partial charge in [-0.2, -0.15) is 0 Å². The van der Waals surface area contributed by atoms with E-state index in [9.17, 15) is 24.0 Å². The highest BCUT2D eigenvalue weighted by molar-refractivity contribution is 5.79. The average Bonchev–Trinajstić information content (AvgIpc) is 2.96. The molecule has 2 heterocycles. The molecule has 5 atom stereocenters. The summed E-state index contributed by atoms with van der Waals surface area (Å²) in [6, 6.07) is 10.9. The summed E-state index contributed by atoms with van der Waals surface area (Å²) in [5.41, 5.74) is -0.332. The van der Waals surface area contributed by atoms with Gasteiger partial charge < -0.3 is 42.3 Å². The Kier molecular flexibility index (Phi) is 10.1. The number of hydrogen-bond acceptors (Lipinski definition) is 14. The van der Waals surface area contributed by atoms with Gasteiger partial charge >= 0.3 is 23.9 Å². The first-order valence-corrected chi connectivity index (χ1v) is 13.3. The highest BCUT2D eigenvalue weighted by Gasteiger charge is 2.53. The smallest absolute Gasteiger partial charge is 0.303 e. The second-order valence-electron chi connectivity index (χ2n) is 9.55. The Morgan fingerprint density at radius 1 is 0.750 bits per heavy atom. The maximum Gasteiger partial charge on any atom is 0.303 e. The third-order valence-corrected chi connectivity index (χ3v) is 6.20. The Morgan fingerprint density at radius 3 is 1.95 bits per heavy atom. The molecular weight excluding hydrogens is 584 g/mol. The average molecular weight is 615 g/mol. The summed E-state index contributed by atoms with van der Waals surface area (Å²) in [5, 5.41) is 0.171. The van der Waals surface area contributed by atoms with E-state index < -0.39 is 66.6 Å². The van der Waals surface area contributed by atoms with E-state index in [2.05, 4.69) is 0 Å². The van der Waals surface area contributed by atoms with Crippen LogP contribution < -0.4 is 19.6 Å². The van der Waals surface area contributed by atoms with Gasteiger partial charge in [-0.25, -0.2) is 0 Å². The molecule has 2 aromatic carbocycles. The van der Waals surface area contributed by atoms with E-state index in [0.29, 0.717) is 11.5 Å². The van der Waals surface area contributed by atoms with E-state index in [4.69, 9.17) is 42.3 Å². The first kappa shape index (κ1) is 31.8. The summed E-state index contributed by atoms with van der Waals surface area (Å²) >= 11 is 0. The molecule has 0 amide bonds. The van der Waals surface area contributed by atoms with Crippen molar-refractivity contribution in [2.45, 2.75) is 58.4 Å². The van der Waals surface area contributed by atoms with Crippen molar-refractivity contribution < 1.29 is 61.5 Å². The van der Waals surface area contributed by atoms with Crippen LogP contribution in [-0.4, -0.2) is 68.3 Å². The summed E-state index contributed by atoms with van der Waals surface area (Å²) in [7, 11) is 1.53. The molecule has 1 saturated heterocycles. The van der Waals surface area contributed by atoms with Gasteiger partial charge in [0.05, 0.1) is 12.5 Å². The molecule has 0 spiro atoms. The van der Waals surface area contributed by atoms with Crippen molar-refractivity contribution in [2.75, 3.05) is 13.7 Å². The molecule has 14 nitrogen and oxygen atoms in total. The van der Waals surface area contributed by atoms with Gasteiger partial charge in [-0.15, -0.1) is 0 Å². The predicted molar refractivity (Wildman–Crippen MR) is 148 cm³/mol. The molecule has 0 N–H and O–H groups in total. The molecule has 0 aliphatic carbocycles. The van der Waals surface area contributed by atoms with Gasteiger partial charge in [-0.3, -0.25) is 24.0 Å². The molecule has 1 aromatic heterocycles. The van der Waals surface area contributed by atoms with E-state index >= 15 is 0 Å². The Balaban J connectivity index is 1.65. The number of fused-ring (bicyclic) bond motifs is 1. The molecule has 3 aromatic rings. The Morgan fingerprint density at radius 2 is 1.34 bits per heavy atom. The van der Waals surface area contributed by atoms with Gasteiger partial charge in [-0.1, -0.05) is 0 Å². The molecular formula is C30H30O14. The monoisotopic (exact) mass is 614 g/mol. The molecule has 4 rings (SSSR count). The minimum atomic E-state index is -1.46. The van der Waals surface area contributed by atoms with Crippen molar-refractivity contribution >= 4 is 34.8 Å². The molecule has 234 valence electrons. The van der Waals surface area contributed by atoms with Crippen LogP contribution in [0.25, 0.3) is 11.0 Å². The number of methoxy groups -OCH3 is 1. The van der Waals surface area contributed by atoms with Crippen LogP contribution in [0.15, 0.2) is 57.9 Å². The van der Waals surface area contributed by atoms with Crippen LogP contribution in [0.1, 0.15) is 27.7 Å². The van der Waals surface area contributed by atoms with Gasteiger partial charge in [-0.05, 0) is 36.4 Å². The SMILES string of the molecule is COc1ccc(Oc2coc3cc(O[C@H]4O[C@H](COC(C)=O)[C@@H](OC(C)=O)[C@@H](OC(C)=O)[C@@H]4OC(C)=O)ccc3c2=O)cc1. The quantitative estimate of drug-likeness (QED) is 0.241. The molecule has 0 radical (unpaired) electrons. The third-order valence-electron chi connectivity index (χ3n) is 6.20. The molecule has 14 heteroatoms. The molecule has 44 heavy (non-hydrogen) atoms. The third kappa shape index (κ3) is 7.83. The number of ether oxygens (including phenoxy) is 8. The summed E-state index contributed by atoms with van der Waals surface area (Å²) in [4.78, 5) is 60.7. The molecule has 0 bridgehead atoms. The van der Waals surface area contributed by atoms with Crippen molar-refractivity contribution in [3.8, 4) is 23.0 Å². The largest absolute Gasteiger partial charge is 0.497 e. The normalized spacial score (nSPS) is 21.1. The van der Waals surface area contributed by atoms with Crippen LogP contribution in [-0.2, 0) is 42.9 Å². The Hall–Kier alpha value is -5.11. The van der Waals surface area contributed by atoms with E-state index in [1.165, 1.54) is 32.2 Å². The summed E-state index contributed by atoms with van der Waals surface area (Å²) in [5.74, 6) is -1.92. The zero-order valence-corrected chi connectivity index (χ0v) is 24.4. The van der Waals surface area contributed by atoms with E-state index in [-0.39, 0.29) is 22.5 Å². The first-order chi connectivity index (χ1) is 20.9. The first-order valence-electron chi connectivity index (χ1n) is 13.3.